The lowest BCUT2D eigenvalue weighted by molar-refractivity contribution is 0.301. The molecule has 1 rings (SSSR count). The molecular formula is C15H25FN2O. The van der Waals surface area contributed by atoms with Crippen LogP contribution in [0.4, 0.5) is 15.8 Å². The molecule has 4 heteroatoms. The van der Waals surface area contributed by atoms with E-state index in [4.69, 9.17) is 10.5 Å². The van der Waals surface area contributed by atoms with E-state index in [1.165, 1.54) is 6.07 Å². The fourth-order valence-corrected chi connectivity index (χ4v) is 2.05. The van der Waals surface area contributed by atoms with E-state index < -0.39 is 0 Å². The van der Waals surface area contributed by atoms with Gasteiger partial charge in [-0.2, -0.15) is 0 Å². The molecule has 0 bridgehead atoms. The molecule has 19 heavy (non-hydrogen) atoms. The Labute approximate surface area is 115 Å². The van der Waals surface area contributed by atoms with Crippen LogP contribution in [0.3, 0.4) is 0 Å². The number of benzene rings is 1. The van der Waals surface area contributed by atoms with Gasteiger partial charge in [0.05, 0.1) is 18.0 Å². The normalized spacial score (nSPS) is 10.5. The number of nitrogens with zero attached hydrogens (tertiary/aromatic N) is 1. The molecular weight excluding hydrogens is 243 g/mol. The summed E-state index contributed by atoms with van der Waals surface area (Å²) in [6.45, 7) is 8.58. The zero-order valence-corrected chi connectivity index (χ0v) is 12.2. The Bertz CT molecular complexity index is 390. The summed E-state index contributed by atoms with van der Waals surface area (Å²) in [7, 11) is 0. The number of rotatable bonds is 8. The standard InChI is InChI=1S/C15H25FN2O/c1-4-7-18(8-5-2)14-11-15(19-9-6-3)12(16)10-13(14)17/h10-11H,4-9,17H2,1-3H3. The number of halogens is 1. The van der Waals surface area contributed by atoms with Gasteiger partial charge < -0.3 is 15.4 Å². The summed E-state index contributed by atoms with van der Waals surface area (Å²) in [6, 6.07) is 3.09. The number of hydrogen-bond acceptors (Lipinski definition) is 3. The van der Waals surface area contributed by atoms with Crippen molar-refractivity contribution in [2.24, 2.45) is 0 Å². The fourth-order valence-electron chi connectivity index (χ4n) is 2.05. The van der Waals surface area contributed by atoms with Gasteiger partial charge in [-0.15, -0.1) is 0 Å². The highest BCUT2D eigenvalue weighted by Gasteiger charge is 2.14. The molecule has 3 nitrogen and oxygen atoms in total. The molecule has 0 aliphatic carbocycles. The van der Waals surface area contributed by atoms with E-state index in [2.05, 4.69) is 18.7 Å². The second-order valence-electron chi connectivity index (χ2n) is 4.68. The summed E-state index contributed by atoms with van der Waals surface area (Å²) >= 11 is 0. The van der Waals surface area contributed by atoms with E-state index in [0.29, 0.717) is 18.0 Å². The van der Waals surface area contributed by atoms with Gasteiger partial charge in [0.1, 0.15) is 0 Å². The first-order valence-electron chi connectivity index (χ1n) is 7.10. The van der Waals surface area contributed by atoms with E-state index in [-0.39, 0.29) is 5.82 Å². The van der Waals surface area contributed by atoms with Crippen molar-refractivity contribution < 1.29 is 9.13 Å². The van der Waals surface area contributed by atoms with Crippen LogP contribution in [0.2, 0.25) is 0 Å². The van der Waals surface area contributed by atoms with Gasteiger partial charge in [0.15, 0.2) is 11.6 Å². The predicted octanol–water partition coefficient (Wildman–Crippen LogP) is 3.82. The highest BCUT2D eigenvalue weighted by atomic mass is 19.1. The molecule has 0 saturated carbocycles. The number of hydrogen-bond donors (Lipinski definition) is 1. The minimum atomic E-state index is -0.386. The molecule has 0 heterocycles. The SMILES string of the molecule is CCCOc1cc(N(CCC)CCC)c(N)cc1F. The molecule has 0 aliphatic rings. The van der Waals surface area contributed by atoms with Crippen LogP contribution in [-0.2, 0) is 0 Å². The molecule has 0 radical (unpaired) electrons. The maximum Gasteiger partial charge on any atom is 0.167 e. The van der Waals surface area contributed by atoms with Crippen LogP contribution in [0.25, 0.3) is 0 Å². The van der Waals surface area contributed by atoms with E-state index in [1.54, 1.807) is 6.07 Å². The second-order valence-corrected chi connectivity index (χ2v) is 4.68. The molecule has 108 valence electrons. The average molecular weight is 268 g/mol. The Hall–Kier alpha value is -1.45. The molecule has 1 aromatic rings. The summed E-state index contributed by atoms with van der Waals surface area (Å²) in [6.07, 6.45) is 2.91. The minimum absolute atomic E-state index is 0.295. The van der Waals surface area contributed by atoms with Crippen molar-refractivity contribution in [2.45, 2.75) is 40.0 Å². The van der Waals surface area contributed by atoms with Gasteiger partial charge in [-0.25, -0.2) is 4.39 Å². The van der Waals surface area contributed by atoms with Gasteiger partial charge >= 0.3 is 0 Å². The molecule has 0 aliphatic heterocycles. The number of nitrogens with two attached hydrogens (primary N) is 1. The second kappa shape index (κ2) is 7.87. The van der Waals surface area contributed by atoms with E-state index in [9.17, 15) is 4.39 Å². The maximum atomic E-state index is 13.8. The summed E-state index contributed by atoms with van der Waals surface area (Å²) in [5.74, 6) is -0.0918. The summed E-state index contributed by atoms with van der Waals surface area (Å²) in [5.41, 5.74) is 7.29. The van der Waals surface area contributed by atoms with Crippen LogP contribution in [-0.4, -0.2) is 19.7 Å². The Morgan fingerprint density at radius 1 is 1.11 bits per heavy atom. The monoisotopic (exact) mass is 268 g/mol. The zero-order valence-electron chi connectivity index (χ0n) is 12.2. The van der Waals surface area contributed by atoms with E-state index in [0.717, 1.165) is 38.0 Å². The number of anilines is 2. The largest absolute Gasteiger partial charge is 0.490 e. The number of ether oxygens (including phenoxy) is 1. The van der Waals surface area contributed by atoms with Crippen molar-refractivity contribution >= 4 is 11.4 Å². The van der Waals surface area contributed by atoms with E-state index in [1.807, 2.05) is 6.92 Å². The van der Waals surface area contributed by atoms with Crippen LogP contribution >= 0.6 is 0 Å². The van der Waals surface area contributed by atoms with Gasteiger partial charge in [0, 0.05) is 25.2 Å². The van der Waals surface area contributed by atoms with Crippen molar-refractivity contribution in [3.05, 3.63) is 17.9 Å². The lowest BCUT2D eigenvalue weighted by Crippen LogP contribution is -2.26. The minimum Gasteiger partial charge on any atom is -0.490 e. The molecule has 0 saturated heterocycles. The van der Waals surface area contributed by atoms with Crippen LogP contribution < -0.4 is 15.4 Å². The third kappa shape index (κ3) is 4.30. The Kier molecular flexibility index (Phi) is 6.46. The highest BCUT2D eigenvalue weighted by molar-refractivity contribution is 5.70. The molecule has 0 fully saturated rings. The highest BCUT2D eigenvalue weighted by Crippen LogP contribution is 2.31. The van der Waals surface area contributed by atoms with Crippen molar-refractivity contribution in [3.8, 4) is 5.75 Å². The molecule has 0 atom stereocenters. The zero-order chi connectivity index (χ0) is 14.3. The van der Waals surface area contributed by atoms with Crippen LogP contribution in [0.5, 0.6) is 5.75 Å². The van der Waals surface area contributed by atoms with Crippen molar-refractivity contribution in [1.29, 1.82) is 0 Å². The lowest BCUT2D eigenvalue weighted by atomic mass is 10.2. The Morgan fingerprint density at radius 3 is 2.26 bits per heavy atom. The lowest BCUT2D eigenvalue weighted by Gasteiger charge is -2.26. The number of nitrogen functional groups attached to an aromatic ring is 1. The fraction of sp³-hybridized carbons (Fsp3) is 0.600. The van der Waals surface area contributed by atoms with Crippen molar-refractivity contribution in [1.82, 2.24) is 0 Å². The smallest absolute Gasteiger partial charge is 0.167 e. The van der Waals surface area contributed by atoms with Gasteiger partial charge in [0.25, 0.3) is 0 Å². The van der Waals surface area contributed by atoms with Gasteiger partial charge in [-0.1, -0.05) is 20.8 Å². The maximum absolute atomic E-state index is 13.8. The Morgan fingerprint density at radius 2 is 1.74 bits per heavy atom. The van der Waals surface area contributed by atoms with Gasteiger partial charge in [-0.3, -0.25) is 0 Å². The Balaban J connectivity index is 3.02. The third-order valence-electron chi connectivity index (χ3n) is 2.87. The molecule has 0 aromatic heterocycles. The third-order valence-corrected chi connectivity index (χ3v) is 2.87. The van der Waals surface area contributed by atoms with Crippen LogP contribution in [0.15, 0.2) is 12.1 Å². The van der Waals surface area contributed by atoms with Gasteiger partial charge in [0.2, 0.25) is 0 Å². The summed E-state index contributed by atoms with van der Waals surface area (Å²) in [4.78, 5) is 2.19. The predicted molar refractivity (Wildman–Crippen MR) is 79.4 cm³/mol. The molecule has 1 aromatic carbocycles. The van der Waals surface area contributed by atoms with Crippen molar-refractivity contribution in [3.63, 3.8) is 0 Å². The summed E-state index contributed by atoms with van der Waals surface area (Å²) < 4.78 is 19.2. The molecule has 2 N–H and O–H groups in total. The van der Waals surface area contributed by atoms with Crippen LogP contribution in [0, 0.1) is 5.82 Å². The van der Waals surface area contributed by atoms with Crippen LogP contribution in [0.1, 0.15) is 40.0 Å². The van der Waals surface area contributed by atoms with Crippen molar-refractivity contribution in [2.75, 3.05) is 30.3 Å². The first-order valence-corrected chi connectivity index (χ1v) is 7.10. The van der Waals surface area contributed by atoms with Gasteiger partial charge in [-0.05, 0) is 19.3 Å². The average Bonchev–Trinajstić information content (AvgIpc) is 2.38. The molecule has 0 unspecified atom stereocenters. The molecule has 0 amide bonds. The van der Waals surface area contributed by atoms with E-state index >= 15 is 0 Å². The first kappa shape index (κ1) is 15.6. The first-order chi connectivity index (χ1) is 9.13. The quantitative estimate of drug-likeness (QED) is 0.728. The summed E-state index contributed by atoms with van der Waals surface area (Å²) in [5, 5.41) is 0. The molecule has 0 spiro atoms. The topological polar surface area (TPSA) is 38.5 Å².